The lowest BCUT2D eigenvalue weighted by Crippen LogP contribution is -2.26. The van der Waals surface area contributed by atoms with E-state index in [-0.39, 0.29) is 24.4 Å². The maximum Gasteiger partial charge on any atom is 0.437 e. The minimum atomic E-state index is -5.00. The van der Waals surface area contributed by atoms with E-state index in [9.17, 15) is 27.2 Å². The van der Waals surface area contributed by atoms with E-state index < -0.39 is 34.7 Å². The molecule has 0 aliphatic heterocycles. The predicted molar refractivity (Wildman–Crippen MR) is 92.5 cm³/mol. The van der Waals surface area contributed by atoms with Gasteiger partial charge >= 0.3 is 6.18 Å². The fourth-order valence-corrected chi connectivity index (χ4v) is 2.21. The van der Waals surface area contributed by atoms with Gasteiger partial charge in [0, 0.05) is 19.7 Å². The Balaban J connectivity index is 2.41. The number of rotatable bonds is 6. The number of aryl methyl sites for hydroxylation is 1. The van der Waals surface area contributed by atoms with Crippen LogP contribution in [0.3, 0.4) is 0 Å². The molecular formula is C18H14F4N4O3. The summed E-state index contributed by atoms with van der Waals surface area (Å²) in [5.41, 5.74) is -2.93. The molecule has 0 unspecified atom stereocenters. The normalized spacial score (nSPS) is 11.3. The molecule has 0 bridgehead atoms. The van der Waals surface area contributed by atoms with Crippen molar-refractivity contribution in [2.45, 2.75) is 19.1 Å². The summed E-state index contributed by atoms with van der Waals surface area (Å²) >= 11 is 0. The van der Waals surface area contributed by atoms with Gasteiger partial charge in [0.1, 0.15) is 11.6 Å². The number of aromatic nitrogens is 2. The molecule has 0 radical (unpaired) electrons. The average molecular weight is 410 g/mol. The highest BCUT2D eigenvalue weighted by atomic mass is 19.4. The fraction of sp³-hybridized carbons (Fsp3) is 0.222. The van der Waals surface area contributed by atoms with Crippen molar-refractivity contribution in [2.24, 2.45) is 0 Å². The van der Waals surface area contributed by atoms with E-state index in [0.717, 1.165) is 22.8 Å². The molecule has 0 aliphatic rings. The van der Waals surface area contributed by atoms with Crippen molar-refractivity contribution in [3.63, 3.8) is 0 Å². The van der Waals surface area contributed by atoms with Gasteiger partial charge in [-0.25, -0.2) is 9.37 Å². The smallest absolute Gasteiger partial charge is 0.437 e. The van der Waals surface area contributed by atoms with Crippen LogP contribution in [-0.2, 0) is 17.5 Å². The van der Waals surface area contributed by atoms with Crippen molar-refractivity contribution in [1.29, 1.82) is 5.26 Å². The molecule has 0 fully saturated rings. The SMILES string of the molecule is CNC(=O)/C=C\CCn1cnc(C(F)(F)F)c(Oc2cc(F)cc(C#N)c2)c1=O. The van der Waals surface area contributed by atoms with Gasteiger partial charge < -0.3 is 10.1 Å². The summed E-state index contributed by atoms with van der Waals surface area (Å²) in [5, 5.41) is 11.2. The lowest BCUT2D eigenvalue weighted by Gasteiger charge is -2.14. The number of carbonyl (C=O) groups is 1. The molecule has 0 saturated carbocycles. The number of amides is 1. The van der Waals surface area contributed by atoms with Crippen LogP contribution in [0.5, 0.6) is 11.5 Å². The van der Waals surface area contributed by atoms with Gasteiger partial charge in [-0.3, -0.25) is 14.2 Å². The summed E-state index contributed by atoms with van der Waals surface area (Å²) in [7, 11) is 1.42. The van der Waals surface area contributed by atoms with E-state index in [1.165, 1.54) is 19.2 Å². The van der Waals surface area contributed by atoms with E-state index in [1.54, 1.807) is 6.07 Å². The Morgan fingerprint density at radius 2 is 2.10 bits per heavy atom. The van der Waals surface area contributed by atoms with Gasteiger partial charge in [0.25, 0.3) is 5.56 Å². The molecule has 1 aromatic carbocycles. The molecule has 7 nitrogen and oxygen atoms in total. The van der Waals surface area contributed by atoms with E-state index in [4.69, 9.17) is 10.00 Å². The van der Waals surface area contributed by atoms with Crippen LogP contribution in [0, 0.1) is 17.1 Å². The summed E-state index contributed by atoms with van der Waals surface area (Å²) in [4.78, 5) is 26.9. The number of likely N-dealkylation sites (N-methyl/N-ethyl adjacent to an activating group) is 1. The first-order chi connectivity index (χ1) is 13.7. The molecule has 1 N–H and O–H groups in total. The molecule has 0 saturated heterocycles. The van der Waals surface area contributed by atoms with E-state index in [0.29, 0.717) is 6.33 Å². The van der Waals surface area contributed by atoms with E-state index in [1.807, 2.05) is 0 Å². The Labute approximate surface area is 161 Å². The van der Waals surface area contributed by atoms with Crippen molar-refractivity contribution in [3.05, 3.63) is 64.1 Å². The number of halogens is 4. The zero-order valence-corrected chi connectivity index (χ0v) is 15.0. The van der Waals surface area contributed by atoms with Crippen molar-refractivity contribution in [1.82, 2.24) is 14.9 Å². The Morgan fingerprint density at radius 3 is 2.72 bits per heavy atom. The number of benzene rings is 1. The molecule has 1 amide bonds. The van der Waals surface area contributed by atoms with Crippen molar-refractivity contribution >= 4 is 5.91 Å². The maximum atomic E-state index is 13.5. The quantitative estimate of drug-likeness (QED) is 0.584. The van der Waals surface area contributed by atoms with Gasteiger partial charge in [-0.05, 0) is 24.6 Å². The monoisotopic (exact) mass is 410 g/mol. The number of nitriles is 1. The summed E-state index contributed by atoms with van der Waals surface area (Å²) in [6.07, 6.45) is -1.51. The van der Waals surface area contributed by atoms with Crippen LogP contribution in [0.25, 0.3) is 0 Å². The number of hydrogen-bond donors (Lipinski definition) is 1. The molecule has 11 heteroatoms. The second kappa shape index (κ2) is 9.01. The minimum Gasteiger partial charge on any atom is -0.449 e. The van der Waals surface area contributed by atoms with Crippen LogP contribution in [0.2, 0.25) is 0 Å². The van der Waals surface area contributed by atoms with Crippen molar-refractivity contribution < 1.29 is 27.1 Å². The predicted octanol–water partition coefficient (Wildman–Crippen LogP) is 2.76. The van der Waals surface area contributed by atoms with E-state index >= 15 is 0 Å². The molecule has 152 valence electrons. The van der Waals surface area contributed by atoms with Crippen LogP contribution < -0.4 is 15.6 Å². The van der Waals surface area contributed by atoms with Crippen LogP contribution in [0.15, 0.2) is 41.5 Å². The van der Waals surface area contributed by atoms with Crippen LogP contribution >= 0.6 is 0 Å². The molecular weight excluding hydrogens is 396 g/mol. The lowest BCUT2D eigenvalue weighted by atomic mass is 10.2. The molecule has 1 aromatic heterocycles. The second-order valence-corrected chi connectivity index (χ2v) is 5.61. The Kier molecular flexibility index (Phi) is 6.71. The van der Waals surface area contributed by atoms with Crippen molar-refractivity contribution in [2.75, 3.05) is 7.05 Å². The van der Waals surface area contributed by atoms with Crippen LogP contribution in [-0.4, -0.2) is 22.5 Å². The number of hydrogen-bond acceptors (Lipinski definition) is 5. The van der Waals surface area contributed by atoms with Gasteiger partial charge in [-0.2, -0.15) is 18.4 Å². The number of carbonyl (C=O) groups excluding carboxylic acids is 1. The molecule has 0 atom stereocenters. The fourth-order valence-electron chi connectivity index (χ4n) is 2.21. The number of nitrogens with zero attached hydrogens (tertiary/aromatic N) is 3. The number of allylic oxidation sites excluding steroid dienone is 1. The third-order valence-electron chi connectivity index (χ3n) is 3.54. The first-order valence-corrected chi connectivity index (χ1v) is 8.09. The average Bonchev–Trinajstić information content (AvgIpc) is 2.66. The molecule has 29 heavy (non-hydrogen) atoms. The number of alkyl halides is 3. The van der Waals surface area contributed by atoms with Gasteiger partial charge in [0.2, 0.25) is 11.7 Å². The Hall–Kier alpha value is -3.68. The molecule has 0 aliphatic carbocycles. The summed E-state index contributed by atoms with van der Waals surface area (Å²) < 4.78 is 59.2. The molecule has 1 heterocycles. The van der Waals surface area contributed by atoms with Gasteiger partial charge in [-0.1, -0.05) is 6.08 Å². The number of ether oxygens (including phenoxy) is 1. The highest BCUT2D eigenvalue weighted by molar-refractivity contribution is 5.87. The standard InChI is InChI=1S/C18H14F4N4O3/c1-24-14(27)4-2-3-5-26-10-25-16(18(20,21)22)15(17(26)28)29-13-7-11(9-23)6-12(19)8-13/h2,4,6-8,10H,3,5H2,1H3,(H,24,27)/b4-2-. The third-order valence-corrected chi connectivity index (χ3v) is 3.54. The topological polar surface area (TPSA) is 97.0 Å². The molecule has 0 spiro atoms. The van der Waals surface area contributed by atoms with Crippen molar-refractivity contribution in [3.8, 4) is 17.6 Å². The zero-order chi connectivity index (χ0) is 21.6. The molecule has 2 rings (SSSR count). The van der Waals surface area contributed by atoms with Gasteiger partial charge in [0.15, 0.2) is 5.69 Å². The third kappa shape index (κ3) is 5.65. The summed E-state index contributed by atoms with van der Waals surface area (Å²) in [5.74, 6) is -2.91. The number of nitrogens with one attached hydrogen (secondary N) is 1. The van der Waals surface area contributed by atoms with Gasteiger partial charge in [0.05, 0.1) is 18.0 Å². The van der Waals surface area contributed by atoms with Crippen LogP contribution in [0.4, 0.5) is 17.6 Å². The molecule has 2 aromatic rings. The summed E-state index contributed by atoms with van der Waals surface area (Å²) in [6.45, 7) is -0.0829. The first kappa shape index (κ1) is 21.6. The highest BCUT2D eigenvalue weighted by Crippen LogP contribution is 2.34. The highest BCUT2D eigenvalue weighted by Gasteiger charge is 2.38. The zero-order valence-electron chi connectivity index (χ0n) is 15.0. The second-order valence-electron chi connectivity index (χ2n) is 5.61. The largest absolute Gasteiger partial charge is 0.449 e. The van der Waals surface area contributed by atoms with Crippen LogP contribution in [0.1, 0.15) is 17.7 Å². The lowest BCUT2D eigenvalue weighted by molar-refractivity contribution is -0.142. The van der Waals surface area contributed by atoms with E-state index in [2.05, 4.69) is 10.3 Å². The Morgan fingerprint density at radius 1 is 1.38 bits per heavy atom. The summed E-state index contributed by atoms with van der Waals surface area (Å²) in [6, 6.07) is 4.22. The minimum absolute atomic E-state index is 0.0829. The first-order valence-electron chi connectivity index (χ1n) is 8.09. The maximum absolute atomic E-state index is 13.5. The Bertz CT molecular complexity index is 1040. The van der Waals surface area contributed by atoms with Gasteiger partial charge in [-0.15, -0.1) is 0 Å².